The lowest BCUT2D eigenvalue weighted by Gasteiger charge is -2.21. The Labute approximate surface area is 120 Å². The smallest absolute Gasteiger partial charge is 0.214 e. The first-order chi connectivity index (χ1) is 9.58. The van der Waals surface area contributed by atoms with Crippen LogP contribution in [0.1, 0.15) is 31.4 Å². The lowest BCUT2D eigenvalue weighted by Crippen LogP contribution is -2.36. The largest absolute Gasteiger partial charge is 0.317 e. The average molecular weight is 274 g/mol. The van der Waals surface area contributed by atoms with E-state index in [1.54, 1.807) is 11.8 Å². The summed E-state index contributed by atoms with van der Waals surface area (Å²) in [5.41, 5.74) is 3.21. The van der Waals surface area contributed by atoms with E-state index in [2.05, 4.69) is 18.3 Å². The van der Waals surface area contributed by atoms with E-state index < -0.39 is 0 Å². The second-order valence-electron chi connectivity index (χ2n) is 5.50. The van der Waals surface area contributed by atoms with E-state index in [4.69, 9.17) is 0 Å². The normalized spacial score (nSPS) is 18.8. The number of aryl methyl sites for hydroxylation is 1. The van der Waals surface area contributed by atoms with Crippen molar-refractivity contribution in [2.24, 2.45) is 0 Å². The van der Waals surface area contributed by atoms with Crippen LogP contribution in [-0.4, -0.2) is 31.3 Å². The van der Waals surface area contributed by atoms with E-state index in [-0.39, 0.29) is 11.8 Å². The first-order valence-electron chi connectivity index (χ1n) is 7.10. The van der Waals surface area contributed by atoms with Crippen molar-refractivity contribution in [3.8, 4) is 0 Å². The van der Waals surface area contributed by atoms with E-state index in [9.17, 15) is 9.59 Å². The van der Waals surface area contributed by atoms with Crippen LogP contribution in [0.3, 0.4) is 0 Å². The maximum Gasteiger partial charge on any atom is 0.214 e. The molecular weight excluding hydrogens is 252 g/mol. The summed E-state index contributed by atoms with van der Waals surface area (Å²) in [6, 6.07) is 6.19. The quantitative estimate of drug-likeness (QED) is 0.803. The highest BCUT2D eigenvalue weighted by atomic mass is 16.1. The molecule has 0 bridgehead atoms. The van der Waals surface area contributed by atoms with Crippen LogP contribution >= 0.6 is 0 Å². The number of nitrogens with zero attached hydrogens (tertiary/aromatic N) is 1. The predicted octanol–water partition coefficient (Wildman–Crippen LogP) is 1.70. The summed E-state index contributed by atoms with van der Waals surface area (Å²) in [6.07, 6.45) is 3.34. The molecule has 4 nitrogen and oxygen atoms in total. The Morgan fingerprint density at radius 1 is 1.55 bits per heavy atom. The van der Waals surface area contributed by atoms with Crippen molar-refractivity contribution in [2.75, 3.05) is 11.9 Å². The molecule has 0 saturated carbocycles. The zero-order valence-corrected chi connectivity index (χ0v) is 12.3. The number of amides is 1. The van der Waals surface area contributed by atoms with Gasteiger partial charge in [0.1, 0.15) is 0 Å². The van der Waals surface area contributed by atoms with Gasteiger partial charge in [-0.1, -0.05) is 18.2 Å². The van der Waals surface area contributed by atoms with Gasteiger partial charge >= 0.3 is 0 Å². The number of Topliss-reactive ketones (excluding diaryl/α,β-unsaturated/α-hetero) is 1. The summed E-state index contributed by atoms with van der Waals surface area (Å²) in [7, 11) is 1.95. The molecule has 2 unspecified atom stereocenters. The minimum absolute atomic E-state index is 0.0443. The number of rotatable bonds is 6. The molecule has 1 aliphatic heterocycles. The molecule has 1 N–H and O–H groups in total. The Morgan fingerprint density at radius 3 is 2.90 bits per heavy atom. The minimum Gasteiger partial charge on any atom is -0.317 e. The highest BCUT2D eigenvalue weighted by molar-refractivity contribution is 5.96. The van der Waals surface area contributed by atoms with E-state index in [0.29, 0.717) is 12.5 Å². The standard InChI is InChI=1S/C16H22N2O2/c1-11(17-3)7-8-13-5-4-6-14-9-15(12(2)20)18(10-19)16(13)14/h4-6,10-11,15,17H,7-9H2,1-3H3. The number of nitrogens with one attached hydrogen (secondary N) is 1. The SMILES string of the molecule is CNC(C)CCc1cccc2c1N(C=O)C(C(C)=O)C2. The number of carbonyl (C=O) groups excluding carboxylic acids is 2. The fourth-order valence-corrected chi connectivity index (χ4v) is 2.79. The number of carbonyl (C=O) groups is 2. The van der Waals surface area contributed by atoms with Gasteiger partial charge in [-0.05, 0) is 44.9 Å². The second kappa shape index (κ2) is 6.18. The van der Waals surface area contributed by atoms with E-state index >= 15 is 0 Å². The molecule has 108 valence electrons. The molecular formula is C16H22N2O2. The first kappa shape index (κ1) is 14.7. The molecule has 1 amide bonds. The minimum atomic E-state index is -0.328. The van der Waals surface area contributed by atoms with Gasteiger partial charge in [-0.2, -0.15) is 0 Å². The van der Waals surface area contributed by atoms with Crippen molar-refractivity contribution in [1.29, 1.82) is 0 Å². The van der Waals surface area contributed by atoms with Gasteiger partial charge in [0, 0.05) is 12.5 Å². The van der Waals surface area contributed by atoms with Gasteiger partial charge < -0.3 is 10.2 Å². The van der Waals surface area contributed by atoms with Crippen LogP contribution in [0.15, 0.2) is 18.2 Å². The number of hydrogen-bond acceptors (Lipinski definition) is 3. The summed E-state index contributed by atoms with van der Waals surface area (Å²) in [5, 5.41) is 3.22. The maximum absolute atomic E-state index is 11.7. The van der Waals surface area contributed by atoms with Crippen LogP contribution in [0.25, 0.3) is 0 Å². The molecule has 2 atom stereocenters. The Balaban J connectivity index is 2.28. The fraction of sp³-hybridized carbons (Fsp3) is 0.500. The lowest BCUT2D eigenvalue weighted by molar-refractivity contribution is -0.119. The van der Waals surface area contributed by atoms with Crippen LogP contribution in [0, 0.1) is 0 Å². The third-order valence-electron chi connectivity index (χ3n) is 4.13. The number of para-hydroxylation sites is 1. The fourth-order valence-electron chi connectivity index (χ4n) is 2.79. The van der Waals surface area contributed by atoms with Gasteiger partial charge in [-0.15, -0.1) is 0 Å². The van der Waals surface area contributed by atoms with Gasteiger partial charge in [0.2, 0.25) is 6.41 Å². The zero-order chi connectivity index (χ0) is 14.7. The molecule has 2 rings (SSSR count). The van der Waals surface area contributed by atoms with Crippen molar-refractivity contribution in [2.45, 2.75) is 45.2 Å². The molecule has 0 saturated heterocycles. The Kier molecular flexibility index (Phi) is 4.55. The zero-order valence-electron chi connectivity index (χ0n) is 12.3. The van der Waals surface area contributed by atoms with Gasteiger partial charge in [0.25, 0.3) is 0 Å². The van der Waals surface area contributed by atoms with Crippen molar-refractivity contribution in [3.05, 3.63) is 29.3 Å². The predicted molar refractivity (Wildman–Crippen MR) is 80.0 cm³/mol. The van der Waals surface area contributed by atoms with Crippen LogP contribution in [0.5, 0.6) is 0 Å². The van der Waals surface area contributed by atoms with Gasteiger partial charge in [0.15, 0.2) is 5.78 Å². The van der Waals surface area contributed by atoms with E-state index in [0.717, 1.165) is 36.1 Å². The Morgan fingerprint density at radius 2 is 2.30 bits per heavy atom. The first-order valence-corrected chi connectivity index (χ1v) is 7.10. The molecule has 0 spiro atoms. The Bertz CT molecular complexity index is 513. The van der Waals surface area contributed by atoms with Gasteiger partial charge in [0.05, 0.1) is 11.7 Å². The van der Waals surface area contributed by atoms with Gasteiger partial charge in [-0.3, -0.25) is 9.59 Å². The summed E-state index contributed by atoms with van der Waals surface area (Å²) in [4.78, 5) is 24.7. The molecule has 0 aliphatic carbocycles. The van der Waals surface area contributed by atoms with Crippen LogP contribution < -0.4 is 10.2 Å². The molecule has 20 heavy (non-hydrogen) atoms. The third kappa shape index (κ3) is 2.75. The molecule has 0 fully saturated rings. The summed E-state index contributed by atoms with van der Waals surface area (Å²) >= 11 is 0. The molecule has 4 heteroatoms. The summed E-state index contributed by atoms with van der Waals surface area (Å²) in [6.45, 7) is 3.69. The van der Waals surface area contributed by atoms with Crippen LogP contribution in [0.2, 0.25) is 0 Å². The van der Waals surface area contributed by atoms with Crippen molar-refractivity contribution < 1.29 is 9.59 Å². The molecule has 1 aromatic carbocycles. The molecule has 0 radical (unpaired) electrons. The van der Waals surface area contributed by atoms with Gasteiger partial charge in [-0.25, -0.2) is 0 Å². The van der Waals surface area contributed by atoms with Crippen molar-refractivity contribution >= 4 is 17.9 Å². The average Bonchev–Trinajstić information content (AvgIpc) is 2.83. The summed E-state index contributed by atoms with van der Waals surface area (Å²) in [5.74, 6) is 0.0443. The Hall–Kier alpha value is -1.68. The highest BCUT2D eigenvalue weighted by Gasteiger charge is 2.33. The molecule has 0 aromatic heterocycles. The number of anilines is 1. The second-order valence-corrected chi connectivity index (χ2v) is 5.50. The number of fused-ring (bicyclic) bond motifs is 1. The summed E-state index contributed by atoms with van der Waals surface area (Å²) < 4.78 is 0. The van der Waals surface area contributed by atoms with Crippen molar-refractivity contribution in [3.63, 3.8) is 0 Å². The number of ketones is 1. The maximum atomic E-state index is 11.7. The molecule has 1 aliphatic rings. The number of benzene rings is 1. The van der Waals surface area contributed by atoms with Crippen LogP contribution in [-0.2, 0) is 22.4 Å². The monoisotopic (exact) mass is 274 g/mol. The third-order valence-corrected chi connectivity index (χ3v) is 4.13. The van der Waals surface area contributed by atoms with Crippen LogP contribution in [0.4, 0.5) is 5.69 Å². The highest BCUT2D eigenvalue weighted by Crippen LogP contribution is 2.35. The molecule has 1 heterocycles. The number of hydrogen-bond donors (Lipinski definition) is 1. The molecule has 1 aromatic rings. The lowest BCUT2D eigenvalue weighted by atomic mass is 10.0. The van der Waals surface area contributed by atoms with E-state index in [1.807, 2.05) is 19.2 Å². The van der Waals surface area contributed by atoms with Crippen molar-refractivity contribution in [1.82, 2.24) is 5.32 Å². The topological polar surface area (TPSA) is 49.4 Å². The van der Waals surface area contributed by atoms with E-state index in [1.165, 1.54) is 0 Å².